The van der Waals surface area contributed by atoms with Gasteiger partial charge in [-0.05, 0) is 30.5 Å². The van der Waals surface area contributed by atoms with Crippen molar-refractivity contribution in [2.45, 2.75) is 18.9 Å². The van der Waals surface area contributed by atoms with Crippen LogP contribution in [0, 0.1) is 5.92 Å². The fourth-order valence-electron chi connectivity index (χ4n) is 2.70. The van der Waals surface area contributed by atoms with Crippen LogP contribution in [0.2, 0.25) is 0 Å². The van der Waals surface area contributed by atoms with E-state index >= 15 is 0 Å². The van der Waals surface area contributed by atoms with E-state index in [9.17, 15) is 14.4 Å². The van der Waals surface area contributed by atoms with Gasteiger partial charge in [0.25, 0.3) is 0 Å². The Morgan fingerprint density at radius 1 is 1.17 bits per heavy atom. The Kier molecular flexibility index (Phi) is 4.73. The van der Waals surface area contributed by atoms with Crippen molar-refractivity contribution in [2.24, 2.45) is 5.92 Å². The monoisotopic (exact) mass is 323 g/mol. The molecule has 8 nitrogen and oxygen atoms in total. The standard InChI is InChI=1S/C15H17NO7/c1-22-10-4-8(5-11(7-10)23-2)3-9-6-12(14(18)19)16(13(9)17)15(20)21/h4-5,7,9,12H,3,6H2,1-2H3,(H,18,19)(H,20,21). The Balaban J connectivity index is 2.25. The molecule has 1 saturated heterocycles. The Bertz CT molecular complexity index is 620. The molecule has 1 aromatic rings. The lowest BCUT2D eigenvalue weighted by Crippen LogP contribution is -2.42. The van der Waals surface area contributed by atoms with E-state index in [0.29, 0.717) is 22.0 Å². The number of benzene rings is 1. The van der Waals surface area contributed by atoms with E-state index in [1.165, 1.54) is 14.2 Å². The van der Waals surface area contributed by atoms with Crippen LogP contribution in [0.25, 0.3) is 0 Å². The number of hydrogen-bond donors (Lipinski definition) is 2. The molecule has 0 aromatic heterocycles. The molecule has 1 aliphatic heterocycles. The molecule has 124 valence electrons. The summed E-state index contributed by atoms with van der Waals surface area (Å²) in [6, 6.07) is 3.73. The Morgan fingerprint density at radius 2 is 1.74 bits per heavy atom. The second kappa shape index (κ2) is 6.55. The summed E-state index contributed by atoms with van der Waals surface area (Å²) in [7, 11) is 2.98. The van der Waals surface area contributed by atoms with Crippen LogP contribution in [0.3, 0.4) is 0 Å². The number of aliphatic carboxylic acids is 1. The van der Waals surface area contributed by atoms with Gasteiger partial charge in [-0.1, -0.05) is 0 Å². The van der Waals surface area contributed by atoms with Gasteiger partial charge in [-0.2, -0.15) is 0 Å². The molecule has 2 rings (SSSR count). The van der Waals surface area contributed by atoms with Crippen LogP contribution >= 0.6 is 0 Å². The molecule has 2 amide bonds. The lowest BCUT2D eigenvalue weighted by Gasteiger charge is -2.15. The zero-order valence-corrected chi connectivity index (χ0v) is 12.7. The lowest BCUT2D eigenvalue weighted by molar-refractivity contribution is -0.145. The van der Waals surface area contributed by atoms with Gasteiger partial charge in [-0.15, -0.1) is 0 Å². The molecule has 0 radical (unpaired) electrons. The van der Waals surface area contributed by atoms with Crippen molar-refractivity contribution in [3.05, 3.63) is 23.8 Å². The topological polar surface area (TPSA) is 113 Å². The van der Waals surface area contributed by atoms with E-state index in [2.05, 4.69) is 0 Å². The predicted octanol–water partition coefficient (Wildman–Crippen LogP) is 1.23. The fraction of sp³-hybridized carbons (Fsp3) is 0.400. The van der Waals surface area contributed by atoms with Gasteiger partial charge < -0.3 is 19.7 Å². The molecule has 23 heavy (non-hydrogen) atoms. The normalized spacial score (nSPS) is 20.4. The molecule has 2 N–H and O–H groups in total. The van der Waals surface area contributed by atoms with Crippen LogP contribution in [0.5, 0.6) is 11.5 Å². The highest BCUT2D eigenvalue weighted by Crippen LogP contribution is 2.31. The molecular weight excluding hydrogens is 306 g/mol. The SMILES string of the molecule is COc1cc(CC2CC(C(=O)O)N(C(=O)O)C2=O)cc(OC)c1. The summed E-state index contributed by atoms with van der Waals surface area (Å²) < 4.78 is 10.3. The van der Waals surface area contributed by atoms with Gasteiger partial charge in [0.15, 0.2) is 0 Å². The second-order valence-electron chi connectivity index (χ2n) is 5.20. The lowest BCUT2D eigenvalue weighted by atomic mass is 9.96. The molecule has 1 fully saturated rings. The van der Waals surface area contributed by atoms with Crippen LogP contribution in [-0.2, 0) is 16.0 Å². The third-order valence-electron chi connectivity index (χ3n) is 3.79. The zero-order chi connectivity index (χ0) is 17.1. The number of imide groups is 1. The molecule has 8 heteroatoms. The van der Waals surface area contributed by atoms with Crippen LogP contribution in [0.4, 0.5) is 4.79 Å². The first kappa shape index (κ1) is 16.6. The summed E-state index contributed by atoms with van der Waals surface area (Å²) >= 11 is 0. The predicted molar refractivity (Wildman–Crippen MR) is 77.7 cm³/mol. The maximum Gasteiger partial charge on any atom is 0.414 e. The molecule has 0 aliphatic carbocycles. The third kappa shape index (κ3) is 3.36. The minimum atomic E-state index is -1.55. The number of carboxylic acids is 1. The number of hydrogen-bond acceptors (Lipinski definition) is 5. The summed E-state index contributed by atoms with van der Waals surface area (Å²) in [4.78, 5) is 34.9. The minimum Gasteiger partial charge on any atom is -0.497 e. The first-order valence-electron chi connectivity index (χ1n) is 6.88. The fourth-order valence-corrected chi connectivity index (χ4v) is 2.70. The molecule has 0 bridgehead atoms. The highest BCUT2D eigenvalue weighted by Gasteiger charge is 2.46. The maximum atomic E-state index is 12.2. The summed E-state index contributed by atoms with van der Waals surface area (Å²) in [5, 5.41) is 18.2. The van der Waals surface area contributed by atoms with E-state index in [0.717, 1.165) is 0 Å². The number of nitrogens with zero attached hydrogens (tertiary/aromatic N) is 1. The molecule has 0 saturated carbocycles. The number of likely N-dealkylation sites (tertiary alicyclic amines) is 1. The summed E-state index contributed by atoms with van der Waals surface area (Å²) in [5.41, 5.74) is 0.705. The molecular formula is C15H17NO7. The summed E-state index contributed by atoms with van der Waals surface area (Å²) in [6.45, 7) is 0. The first-order chi connectivity index (χ1) is 10.9. The van der Waals surface area contributed by atoms with Crippen molar-refractivity contribution in [1.29, 1.82) is 0 Å². The van der Waals surface area contributed by atoms with Gasteiger partial charge in [0, 0.05) is 12.0 Å². The highest BCUT2D eigenvalue weighted by atomic mass is 16.5. The van der Waals surface area contributed by atoms with E-state index in [1.54, 1.807) is 18.2 Å². The third-order valence-corrected chi connectivity index (χ3v) is 3.79. The van der Waals surface area contributed by atoms with E-state index in [1.807, 2.05) is 0 Å². The summed E-state index contributed by atoms with van der Waals surface area (Å²) in [5.74, 6) is -1.67. The van der Waals surface area contributed by atoms with Gasteiger partial charge >= 0.3 is 12.1 Å². The van der Waals surface area contributed by atoms with E-state index in [4.69, 9.17) is 19.7 Å². The van der Waals surface area contributed by atoms with Gasteiger partial charge in [-0.3, -0.25) is 4.79 Å². The second-order valence-corrected chi connectivity index (χ2v) is 5.20. The van der Waals surface area contributed by atoms with Gasteiger partial charge in [0.2, 0.25) is 5.91 Å². The summed E-state index contributed by atoms with van der Waals surface area (Å²) in [6.07, 6.45) is -1.40. The number of rotatable bonds is 5. The highest BCUT2D eigenvalue weighted by molar-refractivity contribution is 5.99. The number of methoxy groups -OCH3 is 2. The number of ether oxygens (including phenoxy) is 2. The molecule has 2 atom stereocenters. The first-order valence-corrected chi connectivity index (χ1v) is 6.88. The van der Waals surface area contributed by atoms with E-state index < -0.39 is 29.9 Å². The van der Waals surface area contributed by atoms with Gasteiger partial charge in [-0.25, -0.2) is 14.5 Å². The zero-order valence-electron chi connectivity index (χ0n) is 12.7. The maximum absolute atomic E-state index is 12.2. The largest absolute Gasteiger partial charge is 0.497 e. The van der Waals surface area contributed by atoms with Crippen molar-refractivity contribution < 1.29 is 34.1 Å². The molecule has 1 aliphatic rings. The molecule has 2 unspecified atom stereocenters. The van der Waals surface area contributed by atoms with Crippen molar-refractivity contribution in [3.8, 4) is 11.5 Å². The van der Waals surface area contributed by atoms with E-state index in [-0.39, 0.29) is 12.8 Å². The minimum absolute atomic E-state index is 0.0556. The molecule has 0 spiro atoms. The van der Waals surface area contributed by atoms with Crippen LogP contribution in [0.15, 0.2) is 18.2 Å². The average Bonchev–Trinajstić information content (AvgIpc) is 2.84. The van der Waals surface area contributed by atoms with Crippen molar-refractivity contribution >= 4 is 18.0 Å². The van der Waals surface area contributed by atoms with Crippen molar-refractivity contribution in [2.75, 3.05) is 14.2 Å². The van der Waals surface area contributed by atoms with Crippen LogP contribution < -0.4 is 9.47 Å². The Hall–Kier alpha value is -2.77. The van der Waals surface area contributed by atoms with Gasteiger partial charge in [0.05, 0.1) is 14.2 Å². The number of amides is 2. The van der Waals surface area contributed by atoms with Crippen molar-refractivity contribution in [1.82, 2.24) is 4.90 Å². The van der Waals surface area contributed by atoms with Crippen LogP contribution in [-0.4, -0.2) is 53.3 Å². The Labute approximate surface area is 132 Å². The van der Waals surface area contributed by atoms with Crippen molar-refractivity contribution in [3.63, 3.8) is 0 Å². The quantitative estimate of drug-likeness (QED) is 0.837. The number of carboxylic acid groups (broad SMARTS) is 2. The van der Waals surface area contributed by atoms with Crippen LogP contribution in [0.1, 0.15) is 12.0 Å². The smallest absolute Gasteiger partial charge is 0.414 e. The van der Waals surface area contributed by atoms with Gasteiger partial charge in [0.1, 0.15) is 17.5 Å². The number of carbonyl (C=O) groups excluding carboxylic acids is 1. The number of carbonyl (C=O) groups is 3. The Morgan fingerprint density at radius 3 is 2.13 bits per heavy atom. The average molecular weight is 323 g/mol. The molecule has 1 heterocycles. The molecule has 1 aromatic carbocycles.